The highest BCUT2D eigenvalue weighted by molar-refractivity contribution is 14.0. The number of halogens is 1. The largest absolute Gasteiger partial charge is 0.381 e. The van der Waals surface area contributed by atoms with E-state index in [0.29, 0.717) is 12.1 Å². The van der Waals surface area contributed by atoms with E-state index in [2.05, 4.69) is 22.5 Å². The fourth-order valence-electron chi connectivity index (χ4n) is 2.93. The predicted octanol–water partition coefficient (Wildman–Crippen LogP) is 2.69. The zero-order valence-electron chi connectivity index (χ0n) is 13.8. The van der Waals surface area contributed by atoms with Gasteiger partial charge in [0.2, 0.25) is 0 Å². The van der Waals surface area contributed by atoms with E-state index in [-0.39, 0.29) is 24.0 Å². The van der Waals surface area contributed by atoms with Gasteiger partial charge in [-0.2, -0.15) is 0 Å². The molecule has 0 bridgehead atoms. The first-order valence-electron chi connectivity index (χ1n) is 8.62. The van der Waals surface area contributed by atoms with Gasteiger partial charge in [-0.15, -0.1) is 24.0 Å². The first-order chi connectivity index (χ1) is 10.4. The molecule has 1 saturated carbocycles. The summed E-state index contributed by atoms with van der Waals surface area (Å²) < 4.78 is 11.2. The molecule has 2 rings (SSSR count). The highest BCUT2D eigenvalue weighted by Crippen LogP contribution is 2.17. The van der Waals surface area contributed by atoms with Crippen LogP contribution in [0.4, 0.5) is 0 Å². The molecule has 0 aromatic rings. The molecule has 1 heterocycles. The summed E-state index contributed by atoms with van der Waals surface area (Å²) in [6, 6.07) is 0.612. The van der Waals surface area contributed by atoms with E-state index in [9.17, 15) is 0 Å². The number of ether oxygens (including phenoxy) is 2. The van der Waals surface area contributed by atoms with E-state index in [1.807, 2.05) is 0 Å². The van der Waals surface area contributed by atoms with Gasteiger partial charge >= 0.3 is 0 Å². The van der Waals surface area contributed by atoms with Gasteiger partial charge in [0.25, 0.3) is 0 Å². The summed E-state index contributed by atoms with van der Waals surface area (Å²) in [4.78, 5) is 4.65. The number of nitrogens with zero attached hydrogens (tertiary/aromatic N) is 1. The monoisotopic (exact) mass is 425 g/mol. The molecular formula is C16H32IN3O2. The lowest BCUT2D eigenvalue weighted by Gasteiger charge is -2.22. The van der Waals surface area contributed by atoms with E-state index in [4.69, 9.17) is 9.47 Å². The third kappa shape index (κ3) is 7.97. The van der Waals surface area contributed by atoms with E-state index in [0.717, 1.165) is 58.1 Å². The average Bonchev–Trinajstić information content (AvgIpc) is 3.01. The molecule has 0 radical (unpaired) electrons. The van der Waals surface area contributed by atoms with Crippen molar-refractivity contribution < 1.29 is 9.47 Å². The molecule has 1 saturated heterocycles. The molecule has 0 spiro atoms. The van der Waals surface area contributed by atoms with Crippen molar-refractivity contribution in [1.82, 2.24) is 10.6 Å². The van der Waals surface area contributed by atoms with Crippen molar-refractivity contribution in [2.24, 2.45) is 4.99 Å². The van der Waals surface area contributed by atoms with Crippen LogP contribution < -0.4 is 10.6 Å². The quantitative estimate of drug-likeness (QED) is 0.285. The zero-order chi connectivity index (χ0) is 14.8. The van der Waals surface area contributed by atoms with E-state index in [1.54, 1.807) is 0 Å². The lowest BCUT2D eigenvalue weighted by Crippen LogP contribution is -2.42. The molecule has 0 aromatic carbocycles. The van der Waals surface area contributed by atoms with Gasteiger partial charge in [-0.25, -0.2) is 0 Å². The summed E-state index contributed by atoms with van der Waals surface area (Å²) in [6.07, 6.45) is 8.69. The Labute approximate surface area is 152 Å². The molecular weight excluding hydrogens is 393 g/mol. The minimum absolute atomic E-state index is 0. The summed E-state index contributed by atoms with van der Waals surface area (Å²) in [7, 11) is 0. The van der Waals surface area contributed by atoms with Crippen molar-refractivity contribution in [3.8, 4) is 0 Å². The Morgan fingerprint density at radius 3 is 2.59 bits per heavy atom. The highest BCUT2D eigenvalue weighted by Gasteiger charge is 2.16. The Balaban J connectivity index is 0.00000242. The smallest absolute Gasteiger partial charge is 0.191 e. The van der Waals surface area contributed by atoms with Crippen LogP contribution in [0.2, 0.25) is 0 Å². The Morgan fingerprint density at radius 2 is 1.91 bits per heavy atom. The van der Waals surface area contributed by atoms with Gasteiger partial charge in [0.1, 0.15) is 0 Å². The van der Waals surface area contributed by atoms with Gasteiger partial charge in [0.05, 0.1) is 6.10 Å². The van der Waals surface area contributed by atoms with Crippen molar-refractivity contribution in [2.75, 3.05) is 32.9 Å². The van der Waals surface area contributed by atoms with E-state index in [1.165, 1.54) is 25.7 Å². The third-order valence-electron chi connectivity index (χ3n) is 4.13. The fourth-order valence-corrected chi connectivity index (χ4v) is 2.93. The fraction of sp³-hybridized carbons (Fsp3) is 0.938. The predicted molar refractivity (Wildman–Crippen MR) is 101 cm³/mol. The lowest BCUT2D eigenvalue weighted by atomic mass is 10.1. The van der Waals surface area contributed by atoms with Gasteiger partial charge in [-0.3, -0.25) is 4.99 Å². The van der Waals surface area contributed by atoms with Crippen LogP contribution in [0.1, 0.15) is 51.9 Å². The van der Waals surface area contributed by atoms with Crippen molar-refractivity contribution in [3.63, 3.8) is 0 Å². The number of aliphatic imine (C=N–C) groups is 1. The molecule has 0 amide bonds. The van der Waals surface area contributed by atoms with E-state index < -0.39 is 0 Å². The number of nitrogens with one attached hydrogen (secondary N) is 2. The molecule has 2 N–H and O–H groups in total. The second-order valence-electron chi connectivity index (χ2n) is 5.92. The van der Waals surface area contributed by atoms with Crippen LogP contribution in [0.3, 0.4) is 0 Å². The van der Waals surface area contributed by atoms with Gasteiger partial charge in [-0.05, 0) is 39.0 Å². The highest BCUT2D eigenvalue weighted by atomic mass is 127. The number of hydrogen-bond donors (Lipinski definition) is 2. The summed E-state index contributed by atoms with van der Waals surface area (Å²) in [6.45, 7) is 6.34. The van der Waals surface area contributed by atoms with Gasteiger partial charge in [-0.1, -0.05) is 12.8 Å². The Bertz CT molecular complexity index is 304. The number of guanidine groups is 1. The molecule has 1 aliphatic carbocycles. The minimum Gasteiger partial charge on any atom is -0.381 e. The van der Waals surface area contributed by atoms with Crippen molar-refractivity contribution in [1.29, 1.82) is 0 Å². The lowest BCUT2D eigenvalue weighted by molar-refractivity contribution is -0.0318. The Morgan fingerprint density at radius 1 is 1.18 bits per heavy atom. The molecule has 2 fully saturated rings. The van der Waals surface area contributed by atoms with Gasteiger partial charge in [0, 0.05) is 39.0 Å². The average molecular weight is 425 g/mol. The van der Waals surface area contributed by atoms with Crippen LogP contribution in [0.5, 0.6) is 0 Å². The normalized spacial score (nSPS) is 20.7. The van der Waals surface area contributed by atoms with Crippen LogP contribution in [-0.2, 0) is 9.47 Å². The van der Waals surface area contributed by atoms with Crippen LogP contribution in [0.25, 0.3) is 0 Å². The summed E-state index contributed by atoms with van der Waals surface area (Å²) in [5, 5.41) is 6.87. The minimum atomic E-state index is 0. The maximum atomic E-state index is 5.87. The molecule has 0 atom stereocenters. The first kappa shape index (κ1) is 20.0. The maximum absolute atomic E-state index is 5.87. The van der Waals surface area contributed by atoms with Crippen LogP contribution in [0.15, 0.2) is 4.99 Å². The van der Waals surface area contributed by atoms with Crippen molar-refractivity contribution >= 4 is 29.9 Å². The molecule has 0 aromatic heterocycles. The first-order valence-corrected chi connectivity index (χ1v) is 8.62. The van der Waals surface area contributed by atoms with Gasteiger partial charge < -0.3 is 20.1 Å². The Hall–Kier alpha value is -0.0800. The summed E-state index contributed by atoms with van der Waals surface area (Å²) in [5.41, 5.74) is 0. The Kier molecular flexibility index (Phi) is 11.2. The van der Waals surface area contributed by atoms with Crippen LogP contribution in [-0.4, -0.2) is 51.0 Å². The topological polar surface area (TPSA) is 54.9 Å². The molecule has 0 unspecified atom stereocenters. The molecule has 1 aliphatic heterocycles. The van der Waals surface area contributed by atoms with Crippen LogP contribution >= 0.6 is 24.0 Å². The second kappa shape index (κ2) is 12.4. The SMILES string of the molecule is CCNC(=NCCCOC1CCOCC1)NC1CCCC1.I. The van der Waals surface area contributed by atoms with Crippen LogP contribution in [0, 0.1) is 0 Å². The van der Waals surface area contributed by atoms with Crippen molar-refractivity contribution in [2.45, 2.75) is 64.0 Å². The molecule has 5 nitrogen and oxygen atoms in total. The molecule has 130 valence electrons. The molecule has 22 heavy (non-hydrogen) atoms. The number of hydrogen-bond acceptors (Lipinski definition) is 3. The summed E-state index contributed by atoms with van der Waals surface area (Å²) >= 11 is 0. The van der Waals surface area contributed by atoms with Crippen molar-refractivity contribution in [3.05, 3.63) is 0 Å². The standard InChI is InChI=1S/C16H31N3O2.HI/c1-2-17-16(19-14-6-3-4-7-14)18-10-5-11-21-15-8-12-20-13-9-15;/h14-15H,2-13H2,1H3,(H2,17,18,19);1H. The maximum Gasteiger partial charge on any atom is 0.191 e. The number of rotatable bonds is 7. The molecule has 2 aliphatic rings. The second-order valence-corrected chi connectivity index (χ2v) is 5.92. The van der Waals surface area contributed by atoms with E-state index >= 15 is 0 Å². The zero-order valence-corrected chi connectivity index (χ0v) is 16.1. The third-order valence-corrected chi connectivity index (χ3v) is 4.13. The summed E-state index contributed by atoms with van der Waals surface area (Å²) in [5.74, 6) is 0.968. The van der Waals surface area contributed by atoms with Gasteiger partial charge in [0.15, 0.2) is 5.96 Å². The molecule has 6 heteroatoms.